The Kier molecular flexibility index (Phi) is 1.46. The summed E-state index contributed by atoms with van der Waals surface area (Å²) in [5.41, 5.74) is 1.37. The summed E-state index contributed by atoms with van der Waals surface area (Å²) in [4.78, 5) is 0. The molecular weight excluding hydrogens is 184 g/mol. The van der Waals surface area contributed by atoms with E-state index in [1.54, 1.807) is 0 Å². The lowest BCUT2D eigenvalue weighted by atomic mass is 9.67. The van der Waals surface area contributed by atoms with Gasteiger partial charge in [0, 0.05) is 5.41 Å². The first kappa shape index (κ1) is 10.1. The fourth-order valence-corrected chi connectivity index (χ4v) is 6.36. The van der Waals surface area contributed by atoms with E-state index >= 15 is 0 Å². The van der Waals surface area contributed by atoms with Crippen molar-refractivity contribution in [1.82, 2.24) is 0 Å². The average Bonchev–Trinajstić information content (AvgIpc) is 2.45. The minimum absolute atomic E-state index is 0.0227. The van der Waals surface area contributed by atoms with Crippen LogP contribution in [-0.4, -0.2) is 11.2 Å². The number of fused-ring (bicyclic) bond motifs is 1. The molecule has 4 atom stereocenters. The van der Waals surface area contributed by atoms with Crippen molar-refractivity contribution in [2.24, 2.45) is 27.6 Å². The monoisotopic (exact) mass is 208 g/mol. The lowest BCUT2D eigenvalue weighted by Crippen LogP contribution is -2.33. The summed E-state index contributed by atoms with van der Waals surface area (Å²) in [6.45, 7) is 11.9. The van der Waals surface area contributed by atoms with Crippen LogP contribution in [0.4, 0.5) is 0 Å². The Morgan fingerprint density at radius 2 is 1.73 bits per heavy atom. The Morgan fingerprint density at radius 1 is 1.13 bits per heavy atom. The third-order valence-corrected chi connectivity index (χ3v) is 6.49. The van der Waals surface area contributed by atoms with Crippen molar-refractivity contribution in [2.75, 3.05) is 0 Å². The minimum Gasteiger partial charge on any atom is -0.392 e. The molecule has 0 amide bonds. The fraction of sp³-hybridized carbons (Fsp3) is 1.00. The third kappa shape index (κ3) is 0.686. The predicted molar refractivity (Wildman–Crippen MR) is 61.4 cm³/mol. The zero-order valence-corrected chi connectivity index (χ0v) is 10.7. The predicted octanol–water partition coefficient (Wildman–Crippen LogP) is 3.22. The van der Waals surface area contributed by atoms with Gasteiger partial charge in [0.2, 0.25) is 0 Å². The second-order valence-electron chi connectivity index (χ2n) is 7.78. The van der Waals surface area contributed by atoms with Gasteiger partial charge in [0.25, 0.3) is 0 Å². The molecule has 3 fully saturated rings. The molecule has 1 nitrogen and oxygen atoms in total. The maximum absolute atomic E-state index is 10.4. The van der Waals surface area contributed by atoms with E-state index in [1.165, 1.54) is 12.8 Å². The molecule has 4 unspecified atom stereocenters. The lowest BCUT2D eigenvalue weighted by molar-refractivity contribution is 0.0372. The van der Waals surface area contributed by atoms with Crippen LogP contribution >= 0.6 is 0 Å². The van der Waals surface area contributed by atoms with Crippen LogP contribution in [0.25, 0.3) is 0 Å². The van der Waals surface area contributed by atoms with Gasteiger partial charge in [0.1, 0.15) is 0 Å². The van der Waals surface area contributed by atoms with Gasteiger partial charge in [-0.2, -0.15) is 0 Å². The maximum atomic E-state index is 10.4. The summed E-state index contributed by atoms with van der Waals surface area (Å²) in [6, 6.07) is 0. The second kappa shape index (κ2) is 2.16. The first-order chi connectivity index (χ1) is 6.71. The zero-order valence-electron chi connectivity index (χ0n) is 10.7. The number of hydrogen-bond donors (Lipinski definition) is 1. The van der Waals surface area contributed by atoms with Gasteiger partial charge in [-0.3, -0.25) is 0 Å². The number of aliphatic hydroxyl groups excluding tert-OH is 1. The largest absolute Gasteiger partial charge is 0.392 e. The molecule has 0 aromatic heterocycles. The van der Waals surface area contributed by atoms with E-state index in [0.717, 1.165) is 12.3 Å². The van der Waals surface area contributed by atoms with Crippen molar-refractivity contribution in [1.29, 1.82) is 0 Å². The van der Waals surface area contributed by atoms with Gasteiger partial charge in [-0.25, -0.2) is 0 Å². The molecule has 3 aliphatic carbocycles. The molecule has 0 aromatic carbocycles. The molecule has 0 saturated heterocycles. The summed E-state index contributed by atoms with van der Waals surface area (Å²) in [7, 11) is 0. The quantitative estimate of drug-likeness (QED) is 0.648. The van der Waals surface area contributed by atoms with Gasteiger partial charge in [-0.15, -0.1) is 0 Å². The number of rotatable bonds is 0. The van der Waals surface area contributed by atoms with E-state index in [4.69, 9.17) is 0 Å². The van der Waals surface area contributed by atoms with E-state index in [1.807, 2.05) is 0 Å². The first-order valence-corrected chi connectivity index (χ1v) is 6.39. The highest BCUT2D eigenvalue weighted by atomic mass is 16.3. The molecule has 0 radical (unpaired) electrons. The summed E-state index contributed by atoms with van der Waals surface area (Å²) in [5.74, 6) is 0.812. The standard InChI is InChI=1S/C14H24O/c1-11(2,3)14-8-9-6-10(15)13(14,7-9)12(14,4)5/h9-10,15H,6-8H2,1-5H3. The average molecular weight is 208 g/mol. The number of aliphatic hydroxyl groups is 1. The minimum atomic E-state index is -0.0227. The highest BCUT2D eigenvalue weighted by molar-refractivity contribution is 5.38. The molecule has 3 rings (SSSR count). The van der Waals surface area contributed by atoms with Crippen molar-refractivity contribution < 1.29 is 5.11 Å². The second-order valence-corrected chi connectivity index (χ2v) is 7.78. The molecule has 0 heterocycles. The SMILES string of the molecule is CC(C)(C)C12CC3CC(O)C1(C3)C2(C)C. The Balaban J connectivity index is 2.14. The molecule has 2 bridgehead atoms. The molecular formula is C14H24O. The molecule has 15 heavy (non-hydrogen) atoms. The molecule has 1 heteroatoms. The van der Waals surface area contributed by atoms with Gasteiger partial charge < -0.3 is 5.11 Å². The Hall–Kier alpha value is -0.0400. The summed E-state index contributed by atoms with van der Waals surface area (Å²) >= 11 is 0. The van der Waals surface area contributed by atoms with Gasteiger partial charge in [-0.05, 0) is 41.4 Å². The van der Waals surface area contributed by atoms with Gasteiger partial charge in [0.05, 0.1) is 6.10 Å². The van der Waals surface area contributed by atoms with Crippen LogP contribution in [0.1, 0.15) is 53.9 Å². The van der Waals surface area contributed by atoms with Crippen LogP contribution < -0.4 is 0 Å². The number of hydrogen-bond acceptors (Lipinski definition) is 1. The Labute approximate surface area is 93.3 Å². The van der Waals surface area contributed by atoms with Crippen LogP contribution in [0.3, 0.4) is 0 Å². The van der Waals surface area contributed by atoms with Crippen LogP contribution in [0, 0.1) is 27.6 Å². The van der Waals surface area contributed by atoms with Crippen molar-refractivity contribution >= 4 is 0 Å². The van der Waals surface area contributed by atoms with E-state index < -0.39 is 0 Å². The molecule has 3 saturated carbocycles. The topological polar surface area (TPSA) is 20.2 Å². The van der Waals surface area contributed by atoms with Crippen LogP contribution in [0.15, 0.2) is 0 Å². The van der Waals surface area contributed by atoms with Gasteiger partial charge in [0.15, 0.2) is 0 Å². The molecule has 0 aliphatic heterocycles. The van der Waals surface area contributed by atoms with Crippen molar-refractivity contribution in [3.63, 3.8) is 0 Å². The molecule has 3 aliphatic rings. The Morgan fingerprint density at radius 3 is 2.13 bits per heavy atom. The highest BCUT2D eigenvalue weighted by Crippen LogP contribution is 2.94. The van der Waals surface area contributed by atoms with Crippen molar-refractivity contribution in [2.45, 2.75) is 60.0 Å². The van der Waals surface area contributed by atoms with Crippen LogP contribution in [-0.2, 0) is 0 Å². The molecule has 1 N–H and O–H groups in total. The summed E-state index contributed by atoms with van der Waals surface area (Å²) in [5, 5.41) is 10.4. The lowest BCUT2D eigenvalue weighted by Gasteiger charge is -2.37. The van der Waals surface area contributed by atoms with E-state index in [2.05, 4.69) is 34.6 Å². The first-order valence-electron chi connectivity index (χ1n) is 6.39. The van der Waals surface area contributed by atoms with Crippen LogP contribution in [0.5, 0.6) is 0 Å². The third-order valence-electron chi connectivity index (χ3n) is 6.49. The fourth-order valence-electron chi connectivity index (χ4n) is 6.36. The van der Waals surface area contributed by atoms with Crippen molar-refractivity contribution in [3.05, 3.63) is 0 Å². The van der Waals surface area contributed by atoms with E-state index in [-0.39, 0.29) is 11.5 Å². The normalized spacial score (nSPS) is 55.6. The smallest absolute Gasteiger partial charge is 0.0610 e. The van der Waals surface area contributed by atoms with Crippen LogP contribution in [0.2, 0.25) is 0 Å². The maximum Gasteiger partial charge on any atom is 0.0610 e. The van der Waals surface area contributed by atoms with E-state index in [0.29, 0.717) is 16.2 Å². The molecule has 86 valence electrons. The Bertz CT molecular complexity index is 325. The molecule has 0 aromatic rings. The summed E-state index contributed by atoms with van der Waals surface area (Å²) in [6.07, 6.45) is 3.70. The van der Waals surface area contributed by atoms with Gasteiger partial charge in [-0.1, -0.05) is 34.6 Å². The highest BCUT2D eigenvalue weighted by Gasteiger charge is 2.91. The van der Waals surface area contributed by atoms with Gasteiger partial charge >= 0.3 is 0 Å². The zero-order chi connectivity index (χ0) is 11.3. The molecule has 1 spiro atoms. The van der Waals surface area contributed by atoms with E-state index in [9.17, 15) is 5.11 Å². The van der Waals surface area contributed by atoms with Crippen molar-refractivity contribution in [3.8, 4) is 0 Å². The summed E-state index contributed by atoms with van der Waals surface area (Å²) < 4.78 is 0.